The van der Waals surface area contributed by atoms with Crippen molar-refractivity contribution in [2.45, 2.75) is 19.5 Å². The van der Waals surface area contributed by atoms with Gasteiger partial charge in [0, 0.05) is 5.56 Å². The molecular weight excluding hydrogens is 354 g/mol. The van der Waals surface area contributed by atoms with E-state index in [4.69, 9.17) is 21.2 Å². The average molecular weight is 367 g/mol. The normalized spacial score (nSPS) is 12.4. The fourth-order valence-electron chi connectivity index (χ4n) is 2.15. The van der Waals surface area contributed by atoms with Crippen molar-refractivity contribution in [3.63, 3.8) is 0 Å². The zero-order valence-electron chi connectivity index (χ0n) is 13.0. The molecule has 0 bridgehead atoms. The first kappa shape index (κ1) is 17.2. The Morgan fingerprint density at radius 3 is 2.48 bits per heavy atom. The van der Waals surface area contributed by atoms with Crippen molar-refractivity contribution >= 4 is 27.9 Å². The van der Waals surface area contributed by atoms with E-state index in [1.165, 1.54) is 36.2 Å². The van der Waals surface area contributed by atoms with Gasteiger partial charge >= 0.3 is 0 Å². The zero-order chi connectivity index (χ0) is 18.0. The Morgan fingerprint density at radius 1 is 1.16 bits per heavy atom. The Hall–Kier alpha value is -2.67. The topological polar surface area (TPSA) is 53.4 Å². The second-order valence-corrected chi connectivity index (χ2v) is 5.62. The predicted octanol–water partition coefficient (Wildman–Crippen LogP) is 4.35. The van der Waals surface area contributed by atoms with E-state index in [1.54, 1.807) is 24.3 Å². The van der Waals surface area contributed by atoms with Gasteiger partial charge in [-0.1, -0.05) is 6.07 Å². The van der Waals surface area contributed by atoms with Crippen LogP contribution in [0.4, 0.5) is 8.78 Å². The molecule has 130 valence electrons. The van der Waals surface area contributed by atoms with Crippen molar-refractivity contribution in [1.29, 1.82) is 0 Å². The maximum atomic E-state index is 12.8. The van der Waals surface area contributed by atoms with Crippen molar-refractivity contribution < 1.29 is 23.1 Å². The quantitative estimate of drug-likeness (QED) is 0.609. The lowest BCUT2D eigenvalue weighted by atomic mass is 10.2. The van der Waals surface area contributed by atoms with Crippen molar-refractivity contribution in [3.05, 3.63) is 54.4 Å². The highest BCUT2D eigenvalue weighted by Gasteiger charge is 2.13. The van der Waals surface area contributed by atoms with Gasteiger partial charge in [-0.05, 0) is 54.9 Å². The minimum absolute atomic E-state index is 0.110. The SMILES string of the molecule is CC(Oc1ccc(On2cnc3ccc(C(F)F)cc32)cc1)C(=O)Cl. The maximum Gasteiger partial charge on any atom is 0.263 e. The van der Waals surface area contributed by atoms with Crippen LogP contribution < -0.4 is 9.57 Å². The van der Waals surface area contributed by atoms with Gasteiger partial charge in [-0.3, -0.25) is 4.79 Å². The lowest BCUT2D eigenvalue weighted by Gasteiger charge is -2.11. The number of aromatic nitrogens is 2. The molecule has 0 radical (unpaired) electrons. The fourth-order valence-corrected chi connectivity index (χ4v) is 2.20. The monoisotopic (exact) mass is 366 g/mol. The van der Waals surface area contributed by atoms with E-state index in [-0.39, 0.29) is 5.56 Å². The van der Waals surface area contributed by atoms with Gasteiger partial charge in [0.25, 0.3) is 11.7 Å². The summed E-state index contributed by atoms with van der Waals surface area (Å²) in [5.74, 6) is 0.892. The number of carbonyl (C=O) groups excluding carboxylic acids is 1. The highest BCUT2D eigenvalue weighted by molar-refractivity contribution is 6.64. The molecule has 25 heavy (non-hydrogen) atoms. The number of carbonyl (C=O) groups is 1. The molecule has 5 nitrogen and oxygen atoms in total. The highest BCUT2D eigenvalue weighted by Crippen LogP contribution is 2.25. The van der Waals surface area contributed by atoms with E-state index in [0.29, 0.717) is 22.5 Å². The van der Waals surface area contributed by atoms with Crippen molar-refractivity contribution in [2.24, 2.45) is 0 Å². The third-order valence-electron chi connectivity index (χ3n) is 3.45. The number of ether oxygens (including phenoxy) is 1. The van der Waals surface area contributed by atoms with E-state index >= 15 is 0 Å². The number of hydrogen-bond acceptors (Lipinski definition) is 4. The first-order valence-corrected chi connectivity index (χ1v) is 7.71. The summed E-state index contributed by atoms with van der Waals surface area (Å²) in [7, 11) is 0. The molecule has 0 amide bonds. The number of halogens is 3. The van der Waals surface area contributed by atoms with E-state index in [2.05, 4.69) is 4.98 Å². The lowest BCUT2D eigenvalue weighted by Crippen LogP contribution is -2.18. The predicted molar refractivity (Wildman–Crippen MR) is 88.1 cm³/mol. The maximum absolute atomic E-state index is 12.8. The lowest BCUT2D eigenvalue weighted by molar-refractivity contribution is -0.117. The molecule has 3 rings (SSSR count). The Labute approximate surface area is 146 Å². The molecule has 2 aromatic carbocycles. The zero-order valence-corrected chi connectivity index (χ0v) is 13.8. The first-order chi connectivity index (χ1) is 11.9. The van der Waals surface area contributed by atoms with Crippen LogP contribution in [-0.2, 0) is 4.79 Å². The summed E-state index contributed by atoms with van der Waals surface area (Å²) >= 11 is 5.34. The second-order valence-electron chi connectivity index (χ2n) is 5.25. The van der Waals surface area contributed by atoms with Gasteiger partial charge in [0.15, 0.2) is 11.9 Å². The highest BCUT2D eigenvalue weighted by atomic mass is 35.5. The molecule has 0 spiro atoms. The largest absolute Gasteiger partial charge is 0.482 e. The van der Waals surface area contributed by atoms with Crippen LogP contribution in [0.3, 0.4) is 0 Å². The van der Waals surface area contributed by atoms with Gasteiger partial charge in [0.05, 0.1) is 5.52 Å². The molecular formula is C17H13ClF2N2O3. The summed E-state index contributed by atoms with van der Waals surface area (Å²) in [6.07, 6.45) is -1.94. The van der Waals surface area contributed by atoms with Gasteiger partial charge in [-0.2, -0.15) is 4.73 Å². The number of rotatable bonds is 6. The molecule has 0 aliphatic rings. The van der Waals surface area contributed by atoms with Crippen LogP contribution >= 0.6 is 11.6 Å². The van der Waals surface area contributed by atoms with Crippen LogP contribution in [-0.4, -0.2) is 21.1 Å². The number of alkyl halides is 2. The Kier molecular flexibility index (Phi) is 4.85. The molecule has 8 heteroatoms. The van der Waals surface area contributed by atoms with Gasteiger partial charge in [0.1, 0.15) is 17.6 Å². The fraction of sp³-hybridized carbons (Fsp3) is 0.176. The number of benzene rings is 2. The Bertz CT molecular complexity index is 897. The molecule has 1 atom stereocenters. The van der Waals surface area contributed by atoms with E-state index in [0.717, 1.165) is 0 Å². The van der Waals surface area contributed by atoms with Crippen molar-refractivity contribution in [2.75, 3.05) is 0 Å². The Morgan fingerprint density at radius 2 is 1.84 bits per heavy atom. The van der Waals surface area contributed by atoms with Gasteiger partial charge in [0.2, 0.25) is 0 Å². The minimum Gasteiger partial charge on any atom is -0.482 e. The van der Waals surface area contributed by atoms with E-state index in [1.807, 2.05) is 0 Å². The third kappa shape index (κ3) is 3.88. The molecule has 0 fully saturated rings. The summed E-state index contributed by atoms with van der Waals surface area (Å²) in [6, 6.07) is 10.6. The summed E-state index contributed by atoms with van der Waals surface area (Å²) < 4.78 is 32.3. The van der Waals surface area contributed by atoms with Crippen LogP contribution in [0.1, 0.15) is 18.9 Å². The Balaban J connectivity index is 1.79. The standard InChI is InChI=1S/C17H13ClF2N2O3/c1-10(16(18)23)24-12-3-5-13(6-4-12)25-22-9-21-14-7-2-11(17(19)20)8-15(14)22/h2-10,17H,1H3. The summed E-state index contributed by atoms with van der Waals surface area (Å²) in [5.41, 5.74) is 0.861. The average Bonchev–Trinajstić information content (AvgIpc) is 2.98. The van der Waals surface area contributed by atoms with Crippen LogP contribution in [0.2, 0.25) is 0 Å². The smallest absolute Gasteiger partial charge is 0.263 e. The molecule has 0 aliphatic heterocycles. The number of imidazole rings is 1. The van der Waals surface area contributed by atoms with Crippen LogP contribution in [0, 0.1) is 0 Å². The molecule has 1 unspecified atom stereocenters. The van der Waals surface area contributed by atoms with Crippen molar-refractivity contribution in [1.82, 2.24) is 9.71 Å². The number of nitrogens with zero attached hydrogens (tertiary/aromatic N) is 2. The second kappa shape index (κ2) is 7.06. The summed E-state index contributed by atoms with van der Waals surface area (Å²) in [4.78, 5) is 20.7. The number of fused-ring (bicyclic) bond motifs is 1. The van der Waals surface area contributed by atoms with Crippen LogP contribution in [0.5, 0.6) is 11.5 Å². The number of hydrogen-bond donors (Lipinski definition) is 0. The minimum atomic E-state index is -2.57. The molecule has 0 N–H and O–H groups in total. The van der Waals surface area contributed by atoms with E-state index < -0.39 is 17.8 Å². The van der Waals surface area contributed by atoms with Crippen LogP contribution in [0.25, 0.3) is 11.0 Å². The molecule has 0 aliphatic carbocycles. The first-order valence-electron chi connectivity index (χ1n) is 7.33. The molecule has 3 aromatic rings. The van der Waals surface area contributed by atoms with Crippen LogP contribution in [0.15, 0.2) is 48.8 Å². The molecule has 0 saturated heterocycles. The van der Waals surface area contributed by atoms with Gasteiger partial charge in [-0.15, -0.1) is 0 Å². The van der Waals surface area contributed by atoms with Crippen molar-refractivity contribution in [3.8, 4) is 11.5 Å². The molecule has 0 saturated carbocycles. The van der Waals surface area contributed by atoms with Gasteiger partial charge < -0.3 is 9.57 Å². The van der Waals surface area contributed by atoms with E-state index in [9.17, 15) is 13.6 Å². The van der Waals surface area contributed by atoms with Gasteiger partial charge in [-0.25, -0.2) is 13.8 Å². The third-order valence-corrected chi connectivity index (χ3v) is 3.76. The summed E-state index contributed by atoms with van der Waals surface area (Å²) in [6.45, 7) is 1.54. The summed E-state index contributed by atoms with van der Waals surface area (Å²) in [5, 5.41) is -0.597. The molecule has 1 heterocycles. The molecule has 1 aromatic heterocycles.